The van der Waals surface area contributed by atoms with Gasteiger partial charge in [-0.05, 0) is 30.9 Å². The summed E-state index contributed by atoms with van der Waals surface area (Å²) in [6, 6.07) is 0. The van der Waals surface area contributed by atoms with E-state index in [1.807, 2.05) is 0 Å². The maximum atomic E-state index is 5.24. The highest BCUT2D eigenvalue weighted by Gasteiger charge is 2.13. The Balaban J connectivity index is 2.21. The summed E-state index contributed by atoms with van der Waals surface area (Å²) in [5, 5.41) is 0. The van der Waals surface area contributed by atoms with Crippen molar-refractivity contribution in [1.82, 2.24) is 0 Å². The number of hydrogen-bond acceptors (Lipinski definition) is 1. The van der Waals surface area contributed by atoms with E-state index in [-0.39, 0.29) is 0 Å². The number of methoxy groups -OCH3 is 1. The zero-order chi connectivity index (χ0) is 8.39. The molecule has 0 bridgehead atoms. The molecule has 0 aromatic rings. The molecule has 0 fully saturated rings. The van der Waals surface area contributed by atoms with Crippen LogP contribution in [-0.4, -0.2) is 7.11 Å². The molecule has 0 unspecified atom stereocenters. The van der Waals surface area contributed by atoms with Crippen molar-refractivity contribution < 1.29 is 4.74 Å². The van der Waals surface area contributed by atoms with Crippen molar-refractivity contribution in [2.75, 3.05) is 7.11 Å². The van der Waals surface area contributed by atoms with Crippen LogP contribution in [0.4, 0.5) is 0 Å². The van der Waals surface area contributed by atoms with Gasteiger partial charge in [-0.3, -0.25) is 0 Å². The van der Waals surface area contributed by atoms with E-state index < -0.39 is 0 Å². The van der Waals surface area contributed by atoms with Crippen LogP contribution in [0.2, 0.25) is 0 Å². The predicted octanol–water partition coefficient (Wildman–Crippen LogP) is 2.96. The van der Waals surface area contributed by atoms with Crippen LogP contribution in [-0.2, 0) is 4.74 Å². The van der Waals surface area contributed by atoms with E-state index in [1.54, 1.807) is 12.7 Å². The topological polar surface area (TPSA) is 9.23 Å². The summed E-state index contributed by atoms with van der Waals surface area (Å²) >= 11 is 0. The predicted molar refractivity (Wildman–Crippen MR) is 49.7 cm³/mol. The maximum Gasteiger partial charge on any atom is 0.0961 e. The highest BCUT2D eigenvalue weighted by molar-refractivity contribution is 5.36. The Morgan fingerprint density at radius 3 is 2.83 bits per heavy atom. The normalized spacial score (nSPS) is 21.9. The molecule has 2 aliphatic carbocycles. The van der Waals surface area contributed by atoms with Crippen LogP contribution in [0.25, 0.3) is 0 Å². The number of rotatable bonds is 1. The fourth-order valence-electron chi connectivity index (χ4n) is 1.84. The third kappa shape index (κ3) is 1.31. The Morgan fingerprint density at radius 1 is 1.17 bits per heavy atom. The minimum Gasteiger partial charge on any atom is -0.501 e. The molecular weight excluding hydrogens is 148 g/mol. The Morgan fingerprint density at radius 2 is 2.00 bits per heavy atom. The first-order valence-electron chi connectivity index (χ1n) is 4.50. The van der Waals surface area contributed by atoms with Crippen molar-refractivity contribution in [3.05, 3.63) is 35.1 Å². The second kappa shape index (κ2) is 3.18. The van der Waals surface area contributed by atoms with E-state index >= 15 is 0 Å². The van der Waals surface area contributed by atoms with Crippen LogP contribution in [0, 0.1) is 0 Å². The molecule has 1 heteroatoms. The average Bonchev–Trinajstić information content (AvgIpc) is 2.17. The molecule has 0 atom stereocenters. The van der Waals surface area contributed by atoms with E-state index in [2.05, 4.69) is 18.2 Å². The van der Waals surface area contributed by atoms with E-state index in [0.29, 0.717) is 0 Å². The second-order valence-corrected chi connectivity index (χ2v) is 3.32. The van der Waals surface area contributed by atoms with Gasteiger partial charge >= 0.3 is 0 Å². The minimum absolute atomic E-state index is 1.09. The monoisotopic (exact) mass is 162 g/mol. The number of hydrogen-bond donors (Lipinski definition) is 0. The standard InChI is InChI=1S/C11H14O/c1-12-11-7-6-9-4-2-3-5-10(9)8-11/h2-3,8H,4-7H2,1H3. The molecule has 0 amide bonds. The van der Waals surface area contributed by atoms with Crippen molar-refractivity contribution in [2.45, 2.75) is 25.7 Å². The summed E-state index contributed by atoms with van der Waals surface area (Å²) in [4.78, 5) is 0. The average molecular weight is 162 g/mol. The molecular formula is C11H14O. The molecule has 64 valence electrons. The van der Waals surface area contributed by atoms with Crippen molar-refractivity contribution in [3.8, 4) is 0 Å². The Kier molecular flexibility index (Phi) is 2.03. The molecule has 0 heterocycles. The van der Waals surface area contributed by atoms with Crippen molar-refractivity contribution >= 4 is 0 Å². The summed E-state index contributed by atoms with van der Waals surface area (Å²) in [7, 11) is 1.76. The van der Waals surface area contributed by atoms with Crippen LogP contribution in [0.5, 0.6) is 0 Å². The van der Waals surface area contributed by atoms with E-state index in [0.717, 1.165) is 25.0 Å². The van der Waals surface area contributed by atoms with Crippen molar-refractivity contribution in [2.24, 2.45) is 0 Å². The molecule has 0 saturated carbocycles. The first kappa shape index (κ1) is 7.66. The lowest BCUT2D eigenvalue weighted by Gasteiger charge is -2.20. The third-order valence-corrected chi connectivity index (χ3v) is 2.59. The summed E-state index contributed by atoms with van der Waals surface area (Å²) in [6.45, 7) is 0. The fourth-order valence-corrected chi connectivity index (χ4v) is 1.84. The van der Waals surface area contributed by atoms with E-state index in [1.165, 1.54) is 12.0 Å². The van der Waals surface area contributed by atoms with Gasteiger partial charge in [-0.1, -0.05) is 17.7 Å². The quantitative estimate of drug-likeness (QED) is 0.538. The summed E-state index contributed by atoms with van der Waals surface area (Å²) < 4.78 is 5.24. The highest BCUT2D eigenvalue weighted by atomic mass is 16.5. The smallest absolute Gasteiger partial charge is 0.0961 e. The largest absolute Gasteiger partial charge is 0.501 e. The van der Waals surface area contributed by atoms with Crippen LogP contribution in [0.1, 0.15) is 25.7 Å². The number of ether oxygens (including phenoxy) is 1. The van der Waals surface area contributed by atoms with Crippen LogP contribution in [0.15, 0.2) is 35.1 Å². The van der Waals surface area contributed by atoms with Crippen molar-refractivity contribution in [1.29, 1.82) is 0 Å². The lowest BCUT2D eigenvalue weighted by atomic mass is 9.89. The summed E-state index contributed by atoms with van der Waals surface area (Å²) in [5.74, 6) is 1.14. The van der Waals surface area contributed by atoms with Gasteiger partial charge in [-0.2, -0.15) is 0 Å². The molecule has 2 aliphatic rings. The van der Waals surface area contributed by atoms with Crippen LogP contribution in [0.3, 0.4) is 0 Å². The second-order valence-electron chi connectivity index (χ2n) is 3.32. The van der Waals surface area contributed by atoms with Gasteiger partial charge < -0.3 is 4.74 Å². The third-order valence-electron chi connectivity index (χ3n) is 2.59. The van der Waals surface area contributed by atoms with Gasteiger partial charge in [-0.25, -0.2) is 0 Å². The van der Waals surface area contributed by atoms with Gasteiger partial charge in [0.05, 0.1) is 12.9 Å². The summed E-state index contributed by atoms with van der Waals surface area (Å²) in [5.41, 5.74) is 3.10. The molecule has 0 aromatic carbocycles. The van der Waals surface area contributed by atoms with Gasteiger partial charge in [0, 0.05) is 6.42 Å². The minimum atomic E-state index is 1.09. The molecule has 1 nitrogen and oxygen atoms in total. The van der Waals surface area contributed by atoms with Crippen LogP contribution >= 0.6 is 0 Å². The Labute approximate surface area is 73.4 Å². The molecule has 0 spiro atoms. The lowest BCUT2D eigenvalue weighted by molar-refractivity contribution is 0.274. The molecule has 0 N–H and O–H groups in total. The highest BCUT2D eigenvalue weighted by Crippen LogP contribution is 2.31. The molecule has 0 aromatic heterocycles. The maximum absolute atomic E-state index is 5.24. The van der Waals surface area contributed by atoms with Gasteiger partial charge in [0.2, 0.25) is 0 Å². The lowest BCUT2D eigenvalue weighted by Crippen LogP contribution is -2.02. The van der Waals surface area contributed by atoms with Crippen molar-refractivity contribution in [3.63, 3.8) is 0 Å². The zero-order valence-corrected chi connectivity index (χ0v) is 7.47. The zero-order valence-electron chi connectivity index (χ0n) is 7.47. The Hall–Kier alpha value is -0.980. The first-order valence-corrected chi connectivity index (χ1v) is 4.50. The van der Waals surface area contributed by atoms with E-state index in [4.69, 9.17) is 4.74 Å². The van der Waals surface area contributed by atoms with E-state index in [9.17, 15) is 0 Å². The molecule has 0 radical (unpaired) electrons. The summed E-state index contributed by atoms with van der Waals surface area (Å²) in [6.07, 6.45) is 11.3. The number of allylic oxidation sites excluding steroid dienone is 6. The van der Waals surface area contributed by atoms with Gasteiger partial charge in [0.25, 0.3) is 0 Å². The Bertz CT molecular complexity index is 269. The first-order chi connectivity index (χ1) is 5.90. The molecule has 0 aliphatic heterocycles. The molecule has 0 saturated heterocycles. The fraction of sp³-hybridized carbons (Fsp3) is 0.455. The molecule has 12 heavy (non-hydrogen) atoms. The van der Waals surface area contributed by atoms with Gasteiger partial charge in [-0.15, -0.1) is 0 Å². The van der Waals surface area contributed by atoms with Gasteiger partial charge in [0.15, 0.2) is 0 Å². The SMILES string of the molecule is COC1=CC2=C(CC=CC2)CC1. The van der Waals surface area contributed by atoms with Crippen LogP contribution < -0.4 is 0 Å². The van der Waals surface area contributed by atoms with Gasteiger partial charge in [0.1, 0.15) is 0 Å². The molecule has 2 rings (SSSR count).